The third kappa shape index (κ3) is 2.38. The van der Waals surface area contributed by atoms with E-state index in [1.807, 2.05) is 25.1 Å². The van der Waals surface area contributed by atoms with E-state index in [-0.39, 0.29) is 18.4 Å². The van der Waals surface area contributed by atoms with Crippen molar-refractivity contribution in [2.75, 3.05) is 7.11 Å². The van der Waals surface area contributed by atoms with Crippen molar-refractivity contribution in [3.8, 4) is 5.75 Å². The second-order valence-electron chi connectivity index (χ2n) is 4.01. The maximum atomic E-state index is 11.3. The molecule has 2 rings (SSSR count). The van der Waals surface area contributed by atoms with E-state index in [1.165, 1.54) is 0 Å². The lowest BCUT2D eigenvalue weighted by Gasteiger charge is -2.24. The molecule has 5 nitrogen and oxygen atoms in total. The SMILES string of the molecule is COc1ccc(C2CC(=O)NC(=O)N2)cc1C. The maximum Gasteiger partial charge on any atom is 0.321 e. The highest BCUT2D eigenvalue weighted by Gasteiger charge is 2.25. The lowest BCUT2D eigenvalue weighted by molar-refractivity contribution is -0.121. The summed E-state index contributed by atoms with van der Waals surface area (Å²) in [5.74, 6) is 0.535. The number of aryl methyl sites for hydroxylation is 1. The van der Waals surface area contributed by atoms with Crippen LogP contribution in [0.5, 0.6) is 5.75 Å². The van der Waals surface area contributed by atoms with Crippen LogP contribution in [0.25, 0.3) is 0 Å². The number of hydrogen-bond acceptors (Lipinski definition) is 3. The molecular weight excluding hydrogens is 220 g/mol. The number of carbonyl (C=O) groups is 2. The van der Waals surface area contributed by atoms with Crippen LogP contribution in [-0.2, 0) is 4.79 Å². The van der Waals surface area contributed by atoms with Crippen LogP contribution in [0.3, 0.4) is 0 Å². The Morgan fingerprint density at radius 3 is 2.71 bits per heavy atom. The van der Waals surface area contributed by atoms with E-state index in [0.717, 1.165) is 16.9 Å². The standard InChI is InChI=1S/C12H14N2O3/c1-7-5-8(3-4-10(7)17-2)9-6-11(15)14-12(16)13-9/h3-5,9H,6H2,1-2H3,(H2,13,14,15,16). The normalized spacial score (nSPS) is 19.5. The van der Waals surface area contributed by atoms with E-state index < -0.39 is 6.03 Å². The first kappa shape index (κ1) is 11.4. The molecule has 1 fully saturated rings. The van der Waals surface area contributed by atoms with Gasteiger partial charge < -0.3 is 10.1 Å². The Hall–Kier alpha value is -2.04. The van der Waals surface area contributed by atoms with Crippen LogP contribution in [0.2, 0.25) is 0 Å². The van der Waals surface area contributed by atoms with Crippen molar-refractivity contribution < 1.29 is 14.3 Å². The van der Waals surface area contributed by atoms with Crippen LogP contribution in [-0.4, -0.2) is 19.0 Å². The highest BCUT2D eigenvalue weighted by Crippen LogP contribution is 2.25. The summed E-state index contributed by atoms with van der Waals surface area (Å²) in [6, 6.07) is 4.90. The van der Waals surface area contributed by atoms with Crippen LogP contribution < -0.4 is 15.4 Å². The minimum absolute atomic E-state index is 0.257. The summed E-state index contributed by atoms with van der Waals surface area (Å²) in [6.45, 7) is 1.92. The van der Waals surface area contributed by atoms with Crippen molar-refractivity contribution in [2.45, 2.75) is 19.4 Å². The van der Waals surface area contributed by atoms with Crippen molar-refractivity contribution in [3.05, 3.63) is 29.3 Å². The Morgan fingerprint density at radius 2 is 2.12 bits per heavy atom. The third-order valence-corrected chi connectivity index (χ3v) is 2.77. The van der Waals surface area contributed by atoms with Crippen molar-refractivity contribution in [3.63, 3.8) is 0 Å². The lowest BCUT2D eigenvalue weighted by atomic mass is 10.00. The molecule has 1 aliphatic heterocycles. The van der Waals surface area contributed by atoms with Crippen LogP contribution in [0.4, 0.5) is 4.79 Å². The van der Waals surface area contributed by atoms with Gasteiger partial charge in [0.15, 0.2) is 0 Å². The average molecular weight is 234 g/mol. The van der Waals surface area contributed by atoms with Gasteiger partial charge in [-0.05, 0) is 24.1 Å². The molecule has 2 N–H and O–H groups in total. The number of ether oxygens (including phenoxy) is 1. The Labute approximate surface area is 99.2 Å². The molecule has 1 aromatic carbocycles. The summed E-state index contributed by atoms with van der Waals surface area (Å²) < 4.78 is 5.16. The second kappa shape index (κ2) is 4.45. The molecule has 1 saturated heterocycles. The second-order valence-corrected chi connectivity index (χ2v) is 4.01. The van der Waals surface area contributed by atoms with Crippen LogP contribution >= 0.6 is 0 Å². The first-order chi connectivity index (χ1) is 8.10. The molecule has 1 heterocycles. The maximum absolute atomic E-state index is 11.3. The smallest absolute Gasteiger partial charge is 0.321 e. The fraction of sp³-hybridized carbons (Fsp3) is 0.333. The largest absolute Gasteiger partial charge is 0.496 e. The lowest BCUT2D eigenvalue weighted by Crippen LogP contribution is -2.48. The number of methoxy groups -OCH3 is 1. The molecule has 17 heavy (non-hydrogen) atoms. The van der Waals surface area contributed by atoms with E-state index in [2.05, 4.69) is 10.6 Å². The molecule has 90 valence electrons. The van der Waals surface area contributed by atoms with E-state index >= 15 is 0 Å². The minimum atomic E-state index is -0.445. The predicted molar refractivity (Wildman–Crippen MR) is 61.8 cm³/mol. The van der Waals surface area contributed by atoms with Gasteiger partial charge in [0.2, 0.25) is 5.91 Å². The molecule has 3 amide bonds. The molecule has 0 bridgehead atoms. The fourth-order valence-corrected chi connectivity index (χ4v) is 1.93. The predicted octanol–water partition coefficient (Wildman–Crippen LogP) is 1.27. The van der Waals surface area contributed by atoms with Crippen molar-refractivity contribution >= 4 is 11.9 Å². The highest BCUT2D eigenvalue weighted by molar-refractivity contribution is 5.97. The van der Waals surface area contributed by atoms with Gasteiger partial charge in [-0.1, -0.05) is 12.1 Å². The minimum Gasteiger partial charge on any atom is -0.496 e. The van der Waals surface area contributed by atoms with Gasteiger partial charge in [0.1, 0.15) is 5.75 Å². The number of rotatable bonds is 2. The number of urea groups is 1. The number of hydrogen-bond donors (Lipinski definition) is 2. The molecular formula is C12H14N2O3. The summed E-state index contributed by atoms with van der Waals surface area (Å²) >= 11 is 0. The molecule has 0 aliphatic carbocycles. The third-order valence-electron chi connectivity index (χ3n) is 2.77. The molecule has 0 spiro atoms. The van der Waals surface area contributed by atoms with Gasteiger partial charge in [-0.15, -0.1) is 0 Å². The van der Waals surface area contributed by atoms with Crippen molar-refractivity contribution in [2.24, 2.45) is 0 Å². The summed E-state index contributed by atoms with van der Waals surface area (Å²) in [5, 5.41) is 4.92. The number of benzene rings is 1. The monoisotopic (exact) mass is 234 g/mol. The van der Waals surface area contributed by atoms with Gasteiger partial charge in [-0.2, -0.15) is 0 Å². The summed E-state index contributed by atoms with van der Waals surface area (Å²) in [6.07, 6.45) is 0.261. The van der Waals surface area contributed by atoms with Crippen molar-refractivity contribution in [1.29, 1.82) is 0 Å². The van der Waals surface area contributed by atoms with Crippen molar-refractivity contribution in [1.82, 2.24) is 10.6 Å². The Kier molecular flexibility index (Phi) is 2.99. The summed E-state index contributed by atoms with van der Waals surface area (Å²) in [7, 11) is 1.61. The van der Waals surface area contributed by atoms with E-state index in [4.69, 9.17) is 4.74 Å². The van der Waals surface area contributed by atoms with Gasteiger partial charge in [0.05, 0.1) is 19.6 Å². The number of carbonyl (C=O) groups excluding carboxylic acids is 2. The van der Waals surface area contributed by atoms with Gasteiger partial charge in [-0.25, -0.2) is 4.79 Å². The van der Waals surface area contributed by atoms with E-state index in [0.29, 0.717) is 0 Å². The number of imide groups is 1. The van der Waals surface area contributed by atoms with Crippen LogP contribution in [0.1, 0.15) is 23.6 Å². The van der Waals surface area contributed by atoms with Gasteiger partial charge in [0.25, 0.3) is 0 Å². The molecule has 1 aromatic rings. The average Bonchev–Trinajstić information content (AvgIpc) is 2.27. The quantitative estimate of drug-likeness (QED) is 0.809. The first-order valence-electron chi connectivity index (χ1n) is 5.35. The van der Waals surface area contributed by atoms with E-state index in [1.54, 1.807) is 7.11 Å². The molecule has 5 heteroatoms. The summed E-state index contributed by atoms with van der Waals surface area (Å²) in [5.41, 5.74) is 1.89. The fourth-order valence-electron chi connectivity index (χ4n) is 1.93. The van der Waals surface area contributed by atoms with Gasteiger partial charge in [-0.3, -0.25) is 10.1 Å². The zero-order chi connectivity index (χ0) is 12.4. The van der Waals surface area contributed by atoms with Crippen LogP contribution in [0, 0.1) is 6.92 Å². The Morgan fingerprint density at radius 1 is 1.35 bits per heavy atom. The number of amides is 3. The Bertz CT molecular complexity index is 455. The first-order valence-corrected chi connectivity index (χ1v) is 5.35. The molecule has 1 atom stereocenters. The molecule has 0 saturated carbocycles. The van der Waals surface area contributed by atoms with Gasteiger partial charge >= 0.3 is 6.03 Å². The van der Waals surface area contributed by atoms with Crippen LogP contribution in [0.15, 0.2) is 18.2 Å². The van der Waals surface area contributed by atoms with Gasteiger partial charge in [0, 0.05) is 0 Å². The highest BCUT2D eigenvalue weighted by atomic mass is 16.5. The topological polar surface area (TPSA) is 67.4 Å². The molecule has 0 aromatic heterocycles. The van der Waals surface area contributed by atoms with E-state index in [9.17, 15) is 9.59 Å². The zero-order valence-electron chi connectivity index (χ0n) is 9.74. The molecule has 0 radical (unpaired) electrons. The molecule has 1 unspecified atom stereocenters. The molecule has 1 aliphatic rings. The number of nitrogens with one attached hydrogen (secondary N) is 2. The zero-order valence-corrected chi connectivity index (χ0v) is 9.74. The Balaban J connectivity index is 2.25. The summed E-state index contributed by atoms with van der Waals surface area (Å²) in [4.78, 5) is 22.5.